The summed E-state index contributed by atoms with van der Waals surface area (Å²) in [5.74, 6) is 0.576. The minimum Gasteiger partial charge on any atom is -0.489 e. The van der Waals surface area contributed by atoms with Crippen LogP contribution in [0.1, 0.15) is 13.3 Å². The van der Waals surface area contributed by atoms with Crippen LogP contribution in [0.15, 0.2) is 24.3 Å². The summed E-state index contributed by atoms with van der Waals surface area (Å²) in [5, 5.41) is 21.3. The van der Waals surface area contributed by atoms with Crippen molar-refractivity contribution in [1.82, 2.24) is 0 Å². The standard InChI is InChI=1S/C13H20ClNO3/c1-2-10(8-16)15-7-11(17)9-18-13-6-4-3-5-12(13)14/h3-6,10-11,15-17H,2,7-9H2,1H3/p+1/t10-,11-/m0/s1. The zero-order chi connectivity index (χ0) is 13.4. The van der Waals surface area contributed by atoms with Crippen LogP contribution in [0.3, 0.4) is 0 Å². The fourth-order valence-electron chi connectivity index (χ4n) is 1.54. The van der Waals surface area contributed by atoms with Crippen molar-refractivity contribution in [2.24, 2.45) is 0 Å². The molecule has 0 heterocycles. The highest BCUT2D eigenvalue weighted by molar-refractivity contribution is 6.32. The highest BCUT2D eigenvalue weighted by Crippen LogP contribution is 2.22. The number of aliphatic hydroxyl groups excluding tert-OH is 2. The molecule has 0 spiro atoms. The third-order valence-corrected chi connectivity index (χ3v) is 3.08. The van der Waals surface area contributed by atoms with Crippen molar-refractivity contribution >= 4 is 11.6 Å². The number of halogens is 1. The molecule has 2 atom stereocenters. The Morgan fingerprint density at radius 3 is 2.72 bits per heavy atom. The highest BCUT2D eigenvalue weighted by atomic mass is 35.5. The molecule has 0 saturated carbocycles. The number of hydrogen-bond donors (Lipinski definition) is 3. The van der Waals surface area contributed by atoms with Gasteiger partial charge in [0.2, 0.25) is 0 Å². The maximum Gasteiger partial charge on any atom is 0.138 e. The first-order valence-electron chi connectivity index (χ1n) is 6.17. The quantitative estimate of drug-likeness (QED) is 0.643. The van der Waals surface area contributed by atoms with Gasteiger partial charge in [0.1, 0.15) is 31.0 Å². The van der Waals surface area contributed by atoms with Gasteiger partial charge in [-0.1, -0.05) is 30.7 Å². The van der Waals surface area contributed by atoms with Crippen LogP contribution in [-0.2, 0) is 0 Å². The second-order valence-electron chi connectivity index (χ2n) is 4.22. The van der Waals surface area contributed by atoms with Crippen LogP contribution in [0.4, 0.5) is 0 Å². The summed E-state index contributed by atoms with van der Waals surface area (Å²) in [6.45, 7) is 2.82. The molecule has 0 amide bonds. The molecule has 0 radical (unpaired) electrons. The Morgan fingerprint density at radius 1 is 1.39 bits per heavy atom. The summed E-state index contributed by atoms with van der Waals surface area (Å²) in [6.07, 6.45) is 0.288. The summed E-state index contributed by atoms with van der Waals surface area (Å²) >= 11 is 5.93. The van der Waals surface area contributed by atoms with Crippen molar-refractivity contribution in [2.75, 3.05) is 19.8 Å². The number of aliphatic hydroxyl groups is 2. The smallest absolute Gasteiger partial charge is 0.138 e. The Balaban J connectivity index is 2.29. The maximum absolute atomic E-state index is 9.76. The van der Waals surface area contributed by atoms with Gasteiger partial charge in [-0.2, -0.15) is 0 Å². The molecule has 0 bridgehead atoms. The summed E-state index contributed by atoms with van der Waals surface area (Å²) in [7, 11) is 0. The first kappa shape index (κ1) is 15.2. The zero-order valence-electron chi connectivity index (χ0n) is 10.6. The third kappa shape index (κ3) is 5.23. The normalized spacial score (nSPS) is 14.2. The number of rotatable bonds is 8. The lowest BCUT2D eigenvalue weighted by Gasteiger charge is -2.15. The van der Waals surface area contributed by atoms with Gasteiger partial charge in [0, 0.05) is 0 Å². The van der Waals surface area contributed by atoms with E-state index in [0.717, 1.165) is 6.42 Å². The summed E-state index contributed by atoms with van der Waals surface area (Å²) in [6, 6.07) is 7.31. The van der Waals surface area contributed by atoms with E-state index >= 15 is 0 Å². The second kappa shape index (κ2) is 8.32. The molecule has 5 heteroatoms. The number of ether oxygens (including phenoxy) is 1. The van der Waals surface area contributed by atoms with Gasteiger partial charge in [0.25, 0.3) is 0 Å². The van der Waals surface area contributed by atoms with Crippen molar-refractivity contribution in [1.29, 1.82) is 0 Å². The predicted molar refractivity (Wildman–Crippen MR) is 70.9 cm³/mol. The lowest BCUT2D eigenvalue weighted by molar-refractivity contribution is -0.696. The van der Waals surface area contributed by atoms with Crippen LogP contribution in [0.25, 0.3) is 0 Å². The van der Waals surface area contributed by atoms with E-state index in [0.29, 0.717) is 17.3 Å². The fourth-order valence-corrected chi connectivity index (χ4v) is 1.73. The van der Waals surface area contributed by atoms with E-state index < -0.39 is 6.10 Å². The first-order chi connectivity index (χ1) is 8.67. The molecule has 4 N–H and O–H groups in total. The van der Waals surface area contributed by atoms with Crippen molar-refractivity contribution < 1.29 is 20.3 Å². The fraction of sp³-hybridized carbons (Fsp3) is 0.538. The van der Waals surface area contributed by atoms with E-state index in [1.165, 1.54) is 0 Å². The van der Waals surface area contributed by atoms with Gasteiger partial charge in [0.05, 0.1) is 11.6 Å². The molecule has 102 valence electrons. The minimum atomic E-state index is -0.582. The molecule has 1 aromatic rings. The lowest BCUT2D eigenvalue weighted by Crippen LogP contribution is -2.92. The van der Waals surface area contributed by atoms with Crippen molar-refractivity contribution in [3.8, 4) is 5.75 Å². The van der Waals surface area contributed by atoms with Gasteiger partial charge in [-0.25, -0.2) is 0 Å². The largest absolute Gasteiger partial charge is 0.489 e. The van der Waals surface area contributed by atoms with Crippen LogP contribution >= 0.6 is 11.6 Å². The monoisotopic (exact) mass is 274 g/mol. The molecule has 0 aliphatic heterocycles. The molecule has 1 aromatic carbocycles. The summed E-state index contributed by atoms with van der Waals surface area (Å²) in [4.78, 5) is 0. The number of para-hydroxylation sites is 1. The van der Waals surface area contributed by atoms with Gasteiger partial charge >= 0.3 is 0 Å². The Kier molecular flexibility index (Phi) is 7.05. The molecule has 0 fully saturated rings. The van der Waals surface area contributed by atoms with Crippen molar-refractivity contribution in [2.45, 2.75) is 25.5 Å². The van der Waals surface area contributed by atoms with E-state index in [1.807, 2.05) is 24.4 Å². The predicted octanol–water partition coefficient (Wildman–Crippen LogP) is 0.414. The average molecular weight is 275 g/mol. The number of benzene rings is 1. The molecule has 0 unspecified atom stereocenters. The van der Waals surface area contributed by atoms with Gasteiger partial charge in [-0.15, -0.1) is 0 Å². The van der Waals surface area contributed by atoms with Crippen LogP contribution in [-0.4, -0.2) is 42.1 Å². The molecule has 0 aliphatic rings. The topological polar surface area (TPSA) is 66.3 Å². The molecule has 4 nitrogen and oxygen atoms in total. The van der Waals surface area contributed by atoms with Gasteiger partial charge in [-0.05, 0) is 18.6 Å². The number of quaternary nitrogens is 1. The Hall–Kier alpha value is -0.810. The molecule has 18 heavy (non-hydrogen) atoms. The van der Waals surface area contributed by atoms with Gasteiger partial charge in [-0.3, -0.25) is 0 Å². The Labute approximate surface area is 113 Å². The molecular weight excluding hydrogens is 254 g/mol. The van der Waals surface area contributed by atoms with E-state index in [1.54, 1.807) is 12.1 Å². The van der Waals surface area contributed by atoms with Crippen molar-refractivity contribution in [3.63, 3.8) is 0 Å². The minimum absolute atomic E-state index is 0.120. The Bertz CT molecular complexity index is 345. The molecule has 0 aliphatic carbocycles. The molecule has 0 saturated heterocycles. The summed E-state index contributed by atoms with van der Waals surface area (Å²) in [5.41, 5.74) is 0. The van der Waals surface area contributed by atoms with Gasteiger partial charge in [0.15, 0.2) is 0 Å². The Morgan fingerprint density at radius 2 is 2.11 bits per heavy atom. The SMILES string of the molecule is CC[C@@H](CO)[NH2+]C[C@H](O)COc1ccccc1Cl. The highest BCUT2D eigenvalue weighted by Gasteiger charge is 2.13. The average Bonchev–Trinajstić information content (AvgIpc) is 2.39. The maximum atomic E-state index is 9.76. The number of nitrogens with two attached hydrogens (primary N) is 1. The van der Waals surface area contributed by atoms with Gasteiger partial charge < -0.3 is 20.3 Å². The lowest BCUT2D eigenvalue weighted by atomic mass is 10.2. The van der Waals surface area contributed by atoms with E-state index in [-0.39, 0.29) is 19.3 Å². The van der Waals surface area contributed by atoms with E-state index in [2.05, 4.69) is 0 Å². The zero-order valence-corrected chi connectivity index (χ0v) is 11.3. The molecule has 0 aromatic heterocycles. The van der Waals surface area contributed by atoms with E-state index in [4.69, 9.17) is 21.4 Å². The van der Waals surface area contributed by atoms with Crippen LogP contribution in [0.2, 0.25) is 5.02 Å². The second-order valence-corrected chi connectivity index (χ2v) is 4.62. The number of hydrogen-bond acceptors (Lipinski definition) is 3. The van der Waals surface area contributed by atoms with Crippen LogP contribution < -0.4 is 10.1 Å². The third-order valence-electron chi connectivity index (χ3n) is 2.77. The van der Waals surface area contributed by atoms with E-state index in [9.17, 15) is 5.11 Å². The van der Waals surface area contributed by atoms with Crippen LogP contribution in [0, 0.1) is 0 Å². The molecule has 1 rings (SSSR count). The summed E-state index contributed by atoms with van der Waals surface area (Å²) < 4.78 is 5.43. The van der Waals surface area contributed by atoms with Crippen LogP contribution in [0.5, 0.6) is 5.75 Å². The molecular formula is C13H21ClNO3+. The first-order valence-corrected chi connectivity index (χ1v) is 6.54. The van der Waals surface area contributed by atoms with Crippen molar-refractivity contribution in [3.05, 3.63) is 29.3 Å².